The smallest absolute Gasteiger partial charge is 0.328 e. The lowest BCUT2D eigenvalue weighted by atomic mass is 9.85. The van der Waals surface area contributed by atoms with E-state index in [1.165, 1.54) is 12.6 Å². The Morgan fingerprint density at radius 1 is 1.29 bits per heavy atom. The average molecular weight is 289 g/mol. The highest BCUT2D eigenvalue weighted by Crippen LogP contribution is 2.35. The van der Waals surface area contributed by atoms with E-state index in [1.807, 2.05) is 0 Å². The average Bonchev–Trinajstić information content (AvgIpc) is 2.99. The van der Waals surface area contributed by atoms with Crippen molar-refractivity contribution in [3.05, 3.63) is 22.5 Å². The van der Waals surface area contributed by atoms with E-state index in [1.54, 1.807) is 4.57 Å². The fourth-order valence-electron chi connectivity index (χ4n) is 3.54. The molecule has 2 N–H and O–H groups in total. The minimum Gasteiger partial charge on any atom is -0.342 e. The van der Waals surface area contributed by atoms with Crippen LogP contribution in [0.2, 0.25) is 0 Å². The first-order valence-corrected chi connectivity index (χ1v) is 7.30. The molecule has 7 heteroatoms. The van der Waals surface area contributed by atoms with Crippen molar-refractivity contribution in [3.8, 4) is 0 Å². The molecule has 2 atom stereocenters. The highest BCUT2D eigenvalue weighted by atomic mass is 19.1. The van der Waals surface area contributed by atoms with Gasteiger partial charge in [-0.25, -0.2) is 9.18 Å². The van der Waals surface area contributed by atoms with Gasteiger partial charge in [0.25, 0.3) is 0 Å². The maximum atomic E-state index is 14.1. The zero-order chi connectivity index (χ0) is 14.6. The molecule has 1 fully saturated rings. The third-order valence-corrected chi connectivity index (χ3v) is 4.61. The Labute approximate surface area is 119 Å². The van der Waals surface area contributed by atoms with Crippen LogP contribution >= 0.6 is 0 Å². The number of halogens is 1. The van der Waals surface area contributed by atoms with Crippen LogP contribution in [-0.2, 0) is 0 Å². The fourth-order valence-corrected chi connectivity index (χ4v) is 3.54. The minimum absolute atomic E-state index is 0.0849. The van der Waals surface area contributed by atoms with E-state index in [4.69, 9.17) is 0 Å². The molecule has 0 bridgehead atoms. The monoisotopic (exact) mass is 289 g/mol. The molecule has 21 heavy (non-hydrogen) atoms. The van der Waals surface area contributed by atoms with Gasteiger partial charge >= 0.3 is 5.69 Å². The lowest BCUT2D eigenvalue weighted by Gasteiger charge is -2.29. The Hall–Kier alpha value is -2.18. The summed E-state index contributed by atoms with van der Waals surface area (Å²) in [5.74, 6) is -0.0122. The van der Waals surface area contributed by atoms with Crippen LogP contribution in [0.15, 0.2) is 11.0 Å². The second-order valence-electron chi connectivity index (χ2n) is 5.89. The molecule has 0 amide bonds. The summed E-state index contributed by atoms with van der Waals surface area (Å²) in [7, 11) is 0. The largest absolute Gasteiger partial charge is 0.342 e. The number of nitrogens with one attached hydrogen (secondary N) is 2. The van der Waals surface area contributed by atoms with Crippen molar-refractivity contribution in [3.63, 3.8) is 0 Å². The van der Waals surface area contributed by atoms with Crippen LogP contribution in [0.25, 0.3) is 22.2 Å². The molecule has 110 valence electrons. The van der Waals surface area contributed by atoms with E-state index < -0.39 is 5.82 Å². The van der Waals surface area contributed by atoms with Crippen LogP contribution in [0.1, 0.15) is 38.6 Å². The topological polar surface area (TPSA) is 79.4 Å². The van der Waals surface area contributed by atoms with Crippen molar-refractivity contribution in [2.45, 2.75) is 38.6 Å². The molecule has 3 aromatic rings. The van der Waals surface area contributed by atoms with Crippen molar-refractivity contribution >= 4 is 22.2 Å². The third kappa shape index (κ3) is 1.73. The molecule has 0 aromatic carbocycles. The summed E-state index contributed by atoms with van der Waals surface area (Å²) < 4.78 is 15.8. The number of H-pyrrole nitrogens is 2. The molecule has 4 rings (SSSR count). The van der Waals surface area contributed by atoms with Gasteiger partial charge in [-0.05, 0) is 18.8 Å². The fraction of sp³-hybridized carbons (Fsp3) is 0.500. The molecule has 1 saturated carbocycles. The molecule has 3 aromatic heterocycles. The third-order valence-electron chi connectivity index (χ3n) is 4.61. The van der Waals surface area contributed by atoms with Crippen LogP contribution in [0, 0.1) is 11.7 Å². The first-order valence-electron chi connectivity index (χ1n) is 7.30. The molecular formula is C14H16FN5O. The maximum Gasteiger partial charge on any atom is 0.328 e. The molecule has 0 aliphatic heterocycles. The van der Waals surface area contributed by atoms with Gasteiger partial charge in [0.05, 0.1) is 5.39 Å². The molecule has 2 unspecified atom stereocenters. The first kappa shape index (κ1) is 12.6. The SMILES string of the molecule is CC1CCCCC1n1c(=O)[nH]c2nnc3[nH]cc(F)c3c21. The number of nitrogens with zero attached hydrogens (tertiary/aromatic N) is 3. The number of hydrogen-bond donors (Lipinski definition) is 2. The van der Waals surface area contributed by atoms with E-state index >= 15 is 0 Å². The number of fused-ring (bicyclic) bond motifs is 3. The molecular weight excluding hydrogens is 273 g/mol. The minimum atomic E-state index is -0.402. The van der Waals surface area contributed by atoms with E-state index in [0.29, 0.717) is 28.1 Å². The van der Waals surface area contributed by atoms with Gasteiger partial charge in [0.15, 0.2) is 17.1 Å². The lowest BCUT2D eigenvalue weighted by Crippen LogP contribution is -2.29. The second-order valence-corrected chi connectivity index (χ2v) is 5.89. The van der Waals surface area contributed by atoms with Gasteiger partial charge in [-0.2, -0.15) is 0 Å². The normalized spacial score (nSPS) is 23.1. The van der Waals surface area contributed by atoms with Gasteiger partial charge in [0, 0.05) is 12.2 Å². The van der Waals surface area contributed by atoms with Crippen molar-refractivity contribution < 1.29 is 4.39 Å². The number of rotatable bonds is 1. The lowest BCUT2D eigenvalue weighted by molar-refractivity contribution is 0.258. The van der Waals surface area contributed by atoms with E-state index in [9.17, 15) is 9.18 Å². The predicted molar refractivity (Wildman–Crippen MR) is 76.6 cm³/mol. The molecule has 0 spiro atoms. The standard InChI is InChI=1S/C14H16FN5O/c1-7-4-2-3-5-9(7)20-11-10-8(15)6-16-12(10)18-19-13(11)17-14(20)21/h6-7,9H,2-5H2,1H3,(H,16,18)(H,17,19,21). The Morgan fingerprint density at radius 3 is 2.86 bits per heavy atom. The summed E-state index contributed by atoms with van der Waals surface area (Å²) in [6.45, 7) is 2.15. The Kier molecular flexibility index (Phi) is 2.63. The highest BCUT2D eigenvalue weighted by molar-refractivity contribution is 5.99. The summed E-state index contributed by atoms with van der Waals surface area (Å²) in [4.78, 5) is 17.8. The van der Waals surface area contributed by atoms with Crippen LogP contribution in [0.3, 0.4) is 0 Å². The van der Waals surface area contributed by atoms with Gasteiger partial charge in [-0.3, -0.25) is 9.55 Å². The number of aromatic amines is 2. The summed E-state index contributed by atoms with van der Waals surface area (Å²) >= 11 is 0. The number of imidazole rings is 1. The van der Waals surface area contributed by atoms with Gasteiger partial charge < -0.3 is 4.98 Å². The van der Waals surface area contributed by atoms with Crippen molar-refractivity contribution in [1.29, 1.82) is 0 Å². The van der Waals surface area contributed by atoms with E-state index in [0.717, 1.165) is 19.3 Å². The number of aromatic nitrogens is 5. The van der Waals surface area contributed by atoms with Crippen LogP contribution in [0.5, 0.6) is 0 Å². The molecule has 1 aliphatic rings. The highest BCUT2D eigenvalue weighted by Gasteiger charge is 2.28. The van der Waals surface area contributed by atoms with E-state index in [2.05, 4.69) is 27.1 Å². The first-order chi connectivity index (χ1) is 10.2. The molecule has 0 saturated heterocycles. The van der Waals surface area contributed by atoms with E-state index in [-0.39, 0.29) is 11.7 Å². The van der Waals surface area contributed by atoms with Crippen molar-refractivity contribution in [2.24, 2.45) is 5.92 Å². The maximum absolute atomic E-state index is 14.1. The molecule has 0 radical (unpaired) electrons. The quantitative estimate of drug-likeness (QED) is 0.722. The summed E-state index contributed by atoms with van der Waals surface area (Å²) in [6.07, 6.45) is 5.55. The Bertz CT molecular complexity index is 877. The molecule has 1 aliphatic carbocycles. The zero-order valence-corrected chi connectivity index (χ0v) is 11.7. The molecule has 6 nitrogen and oxygen atoms in total. The van der Waals surface area contributed by atoms with Gasteiger partial charge in [0.1, 0.15) is 5.52 Å². The van der Waals surface area contributed by atoms with Gasteiger partial charge in [-0.15, -0.1) is 10.2 Å². The van der Waals surface area contributed by atoms with Crippen LogP contribution in [-0.4, -0.2) is 24.7 Å². The van der Waals surface area contributed by atoms with Crippen LogP contribution < -0.4 is 5.69 Å². The summed E-state index contributed by atoms with van der Waals surface area (Å²) in [5.41, 5.74) is 1.02. The summed E-state index contributed by atoms with van der Waals surface area (Å²) in [5, 5.41) is 8.26. The molecule has 3 heterocycles. The van der Waals surface area contributed by atoms with Crippen LogP contribution in [0.4, 0.5) is 4.39 Å². The second kappa shape index (κ2) is 4.41. The summed E-state index contributed by atoms with van der Waals surface area (Å²) in [6, 6.07) is 0.0849. The van der Waals surface area contributed by atoms with Gasteiger partial charge in [-0.1, -0.05) is 19.8 Å². The van der Waals surface area contributed by atoms with Crippen molar-refractivity contribution in [1.82, 2.24) is 24.7 Å². The predicted octanol–water partition coefficient (Wildman–Crippen LogP) is 2.49. The van der Waals surface area contributed by atoms with Crippen molar-refractivity contribution in [2.75, 3.05) is 0 Å². The van der Waals surface area contributed by atoms with Gasteiger partial charge in [0.2, 0.25) is 0 Å². The Morgan fingerprint density at radius 2 is 2.05 bits per heavy atom. The number of hydrogen-bond acceptors (Lipinski definition) is 3. The Balaban J connectivity index is 2.07. The zero-order valence-electron chi connectivity index (χ0n) is 11.7.